The van der Waals surface area contributed by atoms with Crippen LogP contribution in [0.2, 0.25) is 10.0 Å². The quantitative estimate of drug-likeness (QED) is 0.532. The van der Waals surface area contributed by atoms with Crippen LogP contribution in [0, 0.1) is 12.3 Å². The summed E-state index contributed by atoms with van der Waals surface area (Å²) in [6.07, 6.45) is 6.05. The number of anilines is 1. The number of halogens is 2. The van der Waals surface area contributed by atoms with E-state index in [1.165, 1.54) is 5.56 Å². The number of rotatable bonds is 3. The highest BCUT2D eigenvalue weighted by Gasteiger charge is 2.50. The first-order chi connectivity index (χ1) is 16.3. The van der Waals surface area contributed by atoms with Gasteiger partial charge in [-0.25, -0.2) is 9.97 Å². The van der Waals surface area contributed by atoms with E-state index in [1.54, 1.807) is 6.07 Å². The van der Waals surface area contributed by atoms with Crippen molar-refractivity contribution < 1.29 is 5.11 Å². The number of aliphatic hydroxyl groups is 1. The van der Waals surface area contributed by atoms with Crippen LogP contribution in [0.15, 0.2) is 36.5 Å². The molecule has 2 fully saturated rings. The van der Waals surface area contributed by atoms with Crippen molar-refractivity contribution in [1.82, 2.24) is 15.0 Å². The average molecular weight is 496 g/mol. The summed E-state index contributed by atoms with van der Waals surface area (Å²) >= 11 is 12.8. The first-order valence-electron chi connectivity index (χ1n) is 11.8. The molecule has 0 unspecified atom stereocenters. The van der Waals surface area contributed by atoms with Gasteiger partial charge >= 0.3 is 0 Å². The number of pyridine rings is 1. The minimum absolute atomic E-state index is 0.00519. The van der Waals surface area contributed by atoms with Crippen LogP contribution >= 0.6 is 23.2 Å². The molecule has 1 aliphatic heterocycles. The van der Waals surface area contributed by atoms with Gasteiger partial charge in [-0.2, -0.15) is 0 Å². The second-order valence-electron chi connectivity index (χ2n) is 10.0. The van der Waals surface area contributed by atoms with Gasteiger partial charge in [0.25, 0.3) is 0 Å². The molecule has 0 amide bonds. The van der Waals surface area contributed by atoms with Gasteiger partial charge in [0.2, 0.25) is 0 Å². The third kappa shape index (κ3) is 3.42. The maximum atomic E-state index is 11.1. The van der Waals surface area contributed by atoms with Gasteiger partial charge in [0, 0.05) is 36.6 Å². The summed E-state index contributed by atoms with van der Waals surface area (Å²) in [6, 6.07) is 9.59. The molecular formula is C26H27Cl2N5O. The second-order valence-corrected chi connectivity index (χ2v) is 10.8. The summed E-state index contributed by atoms with van der Waals surface area (Å²) in [5, 5.41) is 12.1. The van der Waals surface area contributed by atoms with Crippen molar-refractivity contribution in [2.45, 2.75) is 50.7 Å². The van der Waals surface area contributed by atoms with Crippen LogP contribution in [-0.4, -0.2) is 33.1 Å². The number of hydrogen-bond donors (Lipinski definition) is 2. The maximum absolute atomic E-state index is 11.1. The molecule has 176 valence electrons. The van der Waals surface area contributed by atoms with Crippen molar-refractivity contribution in [2.24, 2.45) is 11.1 Å². The van der Waals surface area contributed by atoms with E-state index >= 15 is 0 Å². The Hall–Kier alpha value is -2.25. The van der Waals surface area contributed by atoms with E-state index in [9.17, 15) is 5.11 Å². The van der Waals surface area contributed by atoms with Gasteiger partial charge in [-0.05, 0) is 62.1 Å². The van der Waals surface area contributed by atoms with E-state index in [4.69, 9.17) is 38.9 Å². The fourth-order valence-electron chi connectivity index (χ4n) is 5.64. The number of benzene rings is 1. The van der Waals surface area contributed by atoms with Crippen LogP contribution in [0.4, 0.5) is 5.82 Å². The van der Waals surface area contributed by atoms with Crippen molar-refractivity contribution in [3.8, 4) is 11.3 Å². The van der Waals surface area contributed by atoms with Crippen molar-refractivity contribution in [1.29, 1.82) is 0 Å². The lowest BCUT2D eigenvalue weighted by Crippen LogP contribution is -2.45. The normalized spacial score (nSPS) is 22.1. The number of aryl methyl sites for hydroxylation is 1. The molecule has 8 heteroatoms. The van der Waals surface area contributed by atoms with Crippen molar-refractivity contribution >= 4 is 29.0 Å². The lowest BCUT2D eigenvalue weighted by molar-refractivity contribution is 0.145. The third-order valence-corrected chi connectivity index (χ3v) is 8.74. The van der Waals surface area contributed by atoms with Gasteiger partial charge in [-0.1, -0.05) is 41.4 Å². The van der Waals surface area contributed by atoms with Crippen LogP contribution in [0.3, 0.4) is 0 Å². The molecule has 1 spiro atoms. The van der Waals surface area contributed by atoms with Crippen molar-refractivity contribution in [2.75, 3.05) is 18.0 Å². The SMILES string of the molecule is Cc1nc(N2CCC3(CC2)Cc2ncccc2[C@H]3N)c(C2(O)CC2)nc1-c1cccc(Cl)c1Cl. The van der Waals surface area contributed by atoms with Crippen molar-refractivity contribution in [3.05, 3.63) is 69.2 Å². The molecule has 3 heterocycles. The number of hydrogen-bond acceptors (Lipinski definition) is 6. The molecule has 0 radical (unpaired) electrons. The van der Waals surface area contributed by atoms with Crippen LogP contribution < -0.4 is 10.6 Å². The lowest BCUT2D eigenvalue weighted by Gasteiger charge is -2.43. The topological polar surface area (TPSA) is 88.2 Å². The molecule has 6 nitrogen and oxygen atoms in total. The van der Waals surface area contributed by atoms with E-state index in [2.05, 4.69) is 16.0 Å². The monoisotopic (exact) mass is 495 g/mol. The minimum Gasteiger partial charge on any atom is -0.383 e. The summed E-state index contributed by atoms with van der Waals surface area (Å²) < 4.78 is 0. The first kappa shape index (κ1) is 22.2. The van der Waals surface area contributed by atoms with E-state index in [1.807, 2.05) is 31.3 Å². The predicted octanol–water partition coefficient (Wildman–Crippen LogP) is 4.98. The fraction of sp³-hybridized carbons (Fsp3) is 0.423. The highest BCUT2D eigenvalue weighted by atomic mass is 35.5. The molecular weight excluding hydrogens is 469 g/mol. The van der Waals surface area contributed by atoms with Gasteiger partial charge in [0.05, 0.1) is 21.4 Å². The molecule has 1 atom stereocenters. The van der Waals surface area contributed by atoms with Gasteiger partial charge < -0.3 is 15.7 Å². The summed E-state index contributed by atoms with van der Waals surface area (Å²) in [7, 11) is 0. The zero-order valence-corrected chi connectivity index (χ0v) is 20.6. The smallest absolute Gasteiger partial charge is 0.153 e. The zero-order valence-electron chi connectivity index (χ0n) is 19.1. The number of aromatic nitrogens is 3. The molecule has 3 N–H and O–H groups in total. The van der Waals surface area contributed by atoms with E-state index < -0.39 is 5.60 Å². The van der Waals surface area contributed by atoms with Gasteiger partial charge in [0.1, 0.15) is 11.3 Å². The number of piperidine rings is 1. The molecule has 34 heavy (non-hydrogen) atoms. The van der Waals surface area contributed by atoms with Gasteiger partial charge in [-0.15, -0.1) is 0 Å². The Morgan fingerprint density at radius 1 is 1.06 bits per heavy atom. The molecule has 6 rings (SSSR count). The largest absolute Gasteiger partial charge is 0.383 e. The molecule has 2 aromatic heterocycles. The average Bonchev–Trinajstić information content (AvgIpc) is 3.53. The molecule has 3 aliphatic rings. The standard InChI is InChI=1S/C26H27Cl2N5O/c1-15-21(17-4-2-6-18(27)20(17)28)32-23(26(34)7-8-26)24(31-15)33-12-9-25(10-13-33)14-19-16(22(25)29)5-3-11-30-19/h2-6,11,22,34H,7-10,12-14,29H2,1H3/t22-/m1/s1. The Bertz CT molecular complexity index is 1280. The summed E-state index contributed by atoms with van der Waals surface area (Å²) in [5.74, 6) is 0.774. The Balaban J connectivity index is 1.33. The summed E-state index contributed by atoms with van der Waals surface area (Å²) in [5.41, 5.74) is 10.9. The third-order valence-electron chi connectivity index (χ3n) is 7.92. The lowest BCUT2D eigenvalue weighted by atomic mass is 9.73. The molecule has 1 aromatic carbocycles. The van der Waals surface area contributed by atoms with Crippen LogP contribution in [-0.2, 0) is 12.0 Å². The van der Waals surface area contributed by atoms with Crippen molar-refractivity contribution in [3.63, 3.8) is 0 Å². The van der Waals surface area contributed by atoms with Gasteiger partial charge in [-0.3, -0.25) is 4.98 Å². The van der Waals surface area contributed by atoms with E-state index in [0.717, 1.165) is 55.1 Å². The molecule has 0 bridgehead atoms. The number of fused-ring (bicyclic) bond motifs is 1. The molecule has 3 aromatic rings. The van der Waals surface area contributed by atoms with Crippen LogP contribution in [0.5, 0.6) is 0 Å². The van der Waals surface area contributed by atoms with E-state index in [-0.39, 0.29) is 11.5 Å². The highest BCUT2D eigenvalue weighted by molar-refractivity contribution is 6.43. The second kappa shape index (κ2) is 7.89. The highest BCUT2D eigenvalue weighted by Crippen LogP contribution is 2.52. The van der Waals surface area contributed by atoms with E-state index in [0.29, 0.717) is 34.3 Å². The zero-order chi connectivity index (χ0) is 23.7. The first-order valence-corrected chi connectivity index (χ1v) is 12.6. The Morgan fingerprint density at radius 2 is 1.82 bits per heavy atom. The molecule has 2 aliphatic carbocycles. The molecule has 1 saturated carbocycles. The van der Waals surface area contributed by atoms with Crippen LogP contribution in [0.25, 0.3) is 11.3 Å². The summed E-state index contributed by atoms with van der Waals surface area (Å²) in [4.78, 5) is 16.8. The van der Waals surface area contributed by atoms with Gasteiger partial charge in [0.15, 0.2) is 5.82 Å². The predicted molar refractivity (Wildman–Crippen MR) is 134 cm³/mol. The Morgan fingerprint density at radius 3 is 2.53 bits per heavy atom. The minimum atomic E-state index is -0.936. The molecule has 1 saturated heterocycles. The summed E-state index contributed by atoms with van der Waals surface area (Å²) in [6.45, 7) is 3.57. The number of nitrogens with zero attached hydrogens (tertiary/aromatic N) is 4. The fourth-order valence-corrected chi connectivity index (χ4v) is 6.03. The maximum Gasteiger partial charge on any atom is 0.153 e. The Labute approximate surface area is 209 Å². The Kier molecular flexibility index (Phi) is 5.16. The number of nitrogens with two attached hydrogens (primary N) is 1. The van der Waals surface area contributed by atoms with Crippen LogP contribution in [0.1, 0.15) is 54.4 Å².